The highest BCUT2D eigenvalue weighted by Gasteiger charge is 2.38. The van der Waals surface area contributed by atoms with Gasteiger partial charge in [0.2, 0.25) is 11.8 Å². The van der Waals surface area contributed by atoms with Gasteiger partial charge >= 0.3 is 0 Å². The molecule has 0 aliphatic heterocycles. The fraction of sp³-hybridized carbons (Fsp3) is 0.650. The third-order valence-corrected chi connectivity index (χ3v) is 9.04. The summed E-state index contributed by atoms with van der Waals surface area (Å²) in [5.74, 6) is -0.406. The van der Waals surface area contributed by atoms with Gasteiger partial charge in [0.1, 0.15) is 11.5 Å². The fourth-order valence-corrected chi connectivity index (χ4v) is 6.91. The van der Waals surface area contributed by atoms with E-state index in [-0.39, 0.29) is 52.9 Å². The van der Waals surface area contributed by atoms with E-state index in [0.717, 1.165) is 70.2 Å². The van der Waals surface area contributed by atoms with Crippen LogP contribution < -0.4 is 11.5 Å². The maximum atomic E-state index is 12.2. The summed E-state index contributed by atoms with van der Waals surface area (Å²) in [6.07, 6.45) is 5.01. The molecule has 0 saturated heterocycles. The second kappa shape index (κ2) is 14.4. The lowest BCUT2D eigenvalue weighted by Crippen LogP contribution is -2.27. The number of rotatable bonds is 12. The topological polar surface area (TPSA) is 127 Å². The predicted octanol–water partition coefficient (Wildman–Crippen LogP) is 8.84. The molecule has 46 heavy (non-hydrogen) atoms. The Labute approximate surface area is 279 Å². The van der Waals surface area contributed by atoms with Gasteiger partial charge in [0.05, 0.1) is 0 Å². The van der Waals surface area contributed by atoms with E-state index < -0.39 is 10.8 Å². The molecule has 2 aromatic rings. The Morgan fingerprint density at radius 1 is 0.630 bits per heavy atom. The Kier molecular flexibility index (Phi) is 12.3. The smallest absolute Gasteiger partial charge is 0.217 e. The number of primary amides is 2. The number of benzene rings is 2. The van der Waals surface area contributed by atoms with Crippen LogP contribution in [0.1, 0.15) is 179 Å². The van der Waals surface area contributed by atoms with Crippen molar-refractivity contribution in [1.29, 1.82) is 0 Å². The lowest BCUT2D eigenvalue weighted by atomic mass is 9.66. The van der Waals surface area contributed by atoms with Gasteiger partial charge in [0.25, 0.3) is 0 Å². The van der Waals surface area contributed by atoms with Gasteiger partial charge in [-0.2, -0.15) is 0 Å². The number of carbonyl (C=O) groups excluding carboxylic acids is 2. The maximum absolute atomic E-state index is 12.2. The molecule has 2 rings (SSSR count). The molecule has 0 saturated carbocycles. The van der Waals surface area contributed by atoms with Crippen molar-refractivity contribution in [1.82, 2.24) is 0 Å². The quantitative estimate of drug-likeness (QED) is 0.174. The number of amides is 2. The fourth-order valence-electron chi connectivity index (χ4n) is 6.91. The Morgan fingerprint density at radius 2 is 0.978 bits per heavy atom. The van der Waals surface area contributed by atoms with E-state index in [1.54, 1.807) is 0 Å². The number of nitrogens with two attached hydrogens (primary N) is 2. The number of aromatic hydroxyl groups is 2. The van der Waals surface area contributed by atoms with Gasteiger partial charge in [-0.1, -0.05) is 121 Å². The molecule has 0 unspecified atom stereocenters. The normalized spacial score (nSPS) is 13.0. The first kappa shape index (κ1) is 39.2. The van der Waals surface area contributed by atoms with E-state index in [4.69, 9.17) is 11.5 Å². The summed E-state index contributed by atoms with van der Waals surface area (Å²) >= 11 is 0. The van der Waals surface area contributed by atoms with Crippen molar-refractivity contribution in [2.75, 3.05) is 0 Å². The summed E-state index contributed by atoms with van der Waals surface area (Å²) in [4.78, 5) is 24.5. The molecule has 0 atom stereocenters. The van der Waals surface area contributed by atoms with Gasteiger partial charge < -0.3 is 21.7 Å². The highest BCUT2D eigenvalue weighted by molar-refractivity contribution is 5.75. The van der Waals surface area contributed by atoms with Crippen LogP contribution in [0.3, 0.4) is 0 Å². The minimum atomic E-state index is -0.451. The molecule has 2 aromatic carbocycles. The van der Waals surface area contributed by atoms with E-state index >= 15 is 0 Å². The first-order valence-corrected chi connectivity index (χ1v) is 17.2. The summed E-state index contributed by atoms with van der Waals surface area (Å²) in [6, 6.07) is 4.16. The Hall–Kier alpha value is -3.02. The van der Waals surface area contributed by atoms with Crippen LogP contribution in [0.2, 0.25) is 0 Å². The van der Waals surface area contributed by atoms with Crippen LogP contribution in [-0.2, 0) is 44.1 Å². The number of hydrogen-bond donors (Lipinski definition) is 4. The van der Waals surface area contributed by atoms with Gasteiger partial charge in [-0.05, 0) is 74.3 Å². The number of aryl methyl sites for hydroxylation is 2. The van der Waals surface area contributed by atoms with Crippen LogP contribution in [0.4, 0.5) is 0 Å². The molecule has 6 heteroatoms. The highest BCUT2D eigenvalue weighted by atomic mass is 16.3. The predicted molar refractivity (Wildman–Crippen MR) is 192 cm³/mol. The molecule has 2 amide bonds. The average Bonchev–Trinajstić information content (AvgIpc) is 2.86. The zero-order valence-electron chi connectivity index (χ0n) is 31.3. The van der Waals surface area contributed by atoms with E-state index in [2.05, 4.69) is 102 Å². The standard InChI is InChI=1S/C40H64N2O4/c1-14-15-16-17-26(31-24(18-20-29(41)43)22-27(37(2,3)4)35(45)33(31)39(8,9)10)32-25(19-21-30(42)44)23-28(38(5,6)7)36(46)34(32)40(11,12)13/h22-23,26,45-46H,14-21H2,1-13H3,(H2,41,43)(H2,42,44). The van der Waals surface area contributed by atoms with Crippen LogP contribution >= 0.6 is 0 Å². The van der Waals surface area contributed by atoms with Crippen molar-refractivity contribution in [3.05, 3.63) is 56.6 Å². The number of phenolic OH excluding ortho intramolecular Hbond substituents is 2. The van der Waals surface area contributed by atoms with E-state index in [1.165, 1.54) is 0 Å². The molecule has 0 spiro atoms. The van der Waals surface area contributed by atoms with Crippen molar-refractivity contribution in [3.63, 3.8) is 0 Å². The number of hydrogen-bond acceptors (Lipinski definition) is 4. The lowest BCUT2D eigenvalue weighted by molar-refractivity contribution is -0.118. The van der Waals surface area contributed by atoms with Gasteiger partial charge in [0.15, 0.2) is 0 Å². The molecule has 0 heterocycles. The van der Waals surface area contributed by atoms with E-state index in [9.17, 15) is 19.8 Å². The Bertz CT molecular complexity index is 1310. The first-order chi connectivity index (χ1) is 20.8. The summed E-state index contributed by atoms with van der Waals surface area (Å²) in [5, 5.41) is 24.4. The average molecular weight is 637 g/mol. The van der Waals surface area contributed by atoms with Crippen LogP contribution in [0.15, 0.2) is 12.1 Å². The molecule has 6 N–H and O–H groups in total. The van der Waals surface area contributed by atoms with Crippen molar-refractivity contribution >= 4 is 11.8 Å². The third-order valence-electron chi connectivity index (χ3n) is 9.04. The van der Waals surface area contributed by atoms with Gasteiger partial charge in [-0.3, -0.25) is 9.59 Å². The summed E-state index contributed by atoms with van der Waals surface area (Å²) < 4.78 is 0. The highest BCUT2D eigenvalue weighted by Crippen LogP contribution is 2.52. The summed E-state index contributed by atoms with van der Waals surface area (Å²) in [7, 11) is 0. The zero-order valence-corrected chi connectivity index (χ0v) is 31.3. The van der Waals surface area contributed by atoms with Crippen LogP contribution in [0.5, 0.6) is 11.5 Å². The lowest BCUT2D eigenvalue weighted by Gasteiger charge is -2.38. The first-order valence-electron chi connectivity index (χ1n) is 17.2. The minimum absolute atomic E-state index is 0.182. The monoisotopic (exact) mass is 636 g/mol. The second-order valence-corrected chi connectivity index (χ2v) is 17.4. The summed E-state index contributed by atoms with van der Waals surface area (Å²) in [5.41, 5.74) is 17.3. The second-order valence-electron chi connectivity index (χ2n) is 17.4. The van der Waals surface area contributed by atoms with Crippen molar-refractivity contribution in [3.8, 4) is 11.5 Å². The SMILES string of the molecule is CCCCCC(c1c(CCC(N)=O)cc(C(C)(C)C)c(O)c1C(C)(C)C)c1c(CCC(N)=O)cc(C(C)(C)C)c(O)c1C(C)(C)C. The Morgan fingerprint density at radius 3 is 1.24 bits per heavy atom. The number of unbranched alkanes of at least 4 members (excludes halogenated alkanes) is 2. The molecule has 0 bridgehead atoms. The van der Waals surface area contributed by atoms with E-state index in [1.807, 2.05) is 0 Å². The van der Waals surface area contributed by atoms with E-state index in [0.29, 0.717) is 12.8 Å². The van der Waals surface area contributed by atoms with Crippen LogP contribution in [0.25, 0.3) is 0 Å². The largest absolute Gasteiger partial charge is 0.507 e. The van der Waals surface area contributed by atoms with Crippen molar-refractivity contribution in [2.45, 2.75) is 169 Å². The molecule has 0 radical (unpaired) electrons. The molecule has 0 aromatic heterocycles. The minimum Gasteiger partial charge on any atom is -0.507 e. The molecule has 0 aliphatic rings. The van der Waals surface area contributed by atoms with Crippen molar-refractivity contribution < 1.29 is 19.8 Å². The van der Waals surface area contributed by atoms with Crippen molar-refractivity contribution in [2.24, 2.45) is 11.5 Å². The Balaban J connectivity index is 3.37. The molecule has 6 nitrogen and oxygen atoms in total. The molecule has 0 fully saturated rings. The van der Waals surface area contributed by atoms with Gasteiger partial charge in [-0.25, -0.2) is 0 Å². The summed E-state index contributed by atoms with van der Waals surface area (Å²) in [6.45, 7) is 27.5. The van der Waals surface area contributed by atoms with Crippen LogP contribution in [0, 0.1) is 0 Å². The maximum Gasteiger partial charge on any atom is 0.217 e. The van der Waals surface area contributed by atoms with Crippen LogP contribution in [-0.4, -0.2) is 22.0 Å². The van der Waals surface area contributed by atoms with Gasteiger partial charge in [-0.15, -0.1) is 0 Å². The van der Waals surface area contributed by atoms with Gasteiger partial charge in [0, 0.05) is 29.9 Å². The zero-order chi connectivity index (χ0) is 35.6. The molecular weight excluding hydrogens is 572 g/mol. The molecule has 0 aliphatic carbocycles. The molecular formula is C40H64N2O4. The third kappa shape index (κ3) is 9.29. The number of phenols is 2. The number of carbonyl (C=O) groups is 2. The molecule has 258 valence electrons.